The van der Waals surface area contributed by atoms with Crippen LogP contribution in [0.25, 0.3) is 0 Å². The van der Waals surface area contributed by atoms with Crippen molar-refractivity contribution in [2.75, 3.05) is 13.1 Å². The van der Waals surface area contributed by atoms with Crippen molar-refractivity contribution in [1.82, 2.24) is 4.90 Å². The molecule has 0 aromatic heterocycles. The van der Waals surface area contributed by atoms with Gasteiger partial charge in [-0.3, -0.25) is 9.59 Å². The van der Waals surface area contributed by atoms with Gasteiger partial charge in [0.25, 0.3) is 0 Å². The molecule has 1 atom stereocenters. The lowest BCUT2D eigenvalue weighted by Gasteiger charge is -2.28. The zero-order chi connectivity index (χ0) is 15.4. The number of ketones is 1. The molecule has 1 fully saturated rings. The summed E-state index contributed by atoms with van der Waals surface area (Å²) < 4.78 is 0. The van der Waals surface area contributed by atoms with Crippen LogP contribution in [0, 0.1) is 17.2 Å². The van der Waals surface area contributed by atoms with Crippen LogP contribution in [0.2, 0.25) is 10.0 Å². The van der Waals surface area contributed by atoms with Crippen LogP contribution in [0.4, 0.5) is 0 Å². The molecule has 0 spiro atoms. The number of hydrogen-bond acceptors (Lipinski definition) is 3. The highest BCUT2D eigenvalue weighted by atomic mass is 35.5. The van der Waals surface area contributed by atoms with Gasteiger partial charge in [-0.25, -0.2) is 0 Å². The van der Waals surface area contributed by atoms with E-state index in [1.165, 1.54) is 18.2 Å². The highest BCUT2D eigenvalue weighted by molar-refractivity contribution is 6.42. The van der Waals surface area contributed by atoms with E-state index in [2.05, 4.69) is 0 Å². The number of likely N-dealkylation sites (tertiary alicyclic amines) is 1. The summed E-state index contributed by atoms with van der Waals surface area (Å²) >= 11 is 11.7. The molecule has 6 heteroatoms. The number of carbonyl (C=O) groups excluding carboxylic acids is 2. The van der Waals surface area contributed by atoms with Crippen LogP contribution in [0.15, 0.2) is 18.2 Å². The van der Waals surface area contributed by atoms with Crippen LogP contribution in [0.3, 0.4) is 0 Å². The van der Waals surface area contributed by atoms with Crippen molar-refractivity contribution >= 4 is 34.9 Å². The molecular weight excluding hydrogens is 311 g/mol. The molecule has 1 saturated heterocycles. The average Bonchev–Trinajstić information content (AvgIpc) is 2.51. The summed E-state index contributed by atoms with van der Waals surface area (Å²) in [5.41, 5.74) is 0.223. The predicted octanol–water partition coefficient (Wildman–Crippen LogP) is 3.33. The monoisotopic (exact) mass is 324 g/mol. The minimum Gasteiger partial charge on any atom is -0.341 e. The highest BCUT2D eigenvalue weighted by Gasteiger charge is 2.32. The molecule has 1 aromatic carbocycles. The summed E-state index contributed by atoms with van der Waals surface area (Å²) in [6.45, 7) is 1.21. The minimum absolute atomic E-state index is 0.223. The Bertz CT molecular complexity index is 604. The molecule has 0 bridgehead atoms. The highest BCUT2D eigenvalue weighted by Crippen LogP contribution is 2.24. The largest absolute Gasteiger partial charge is 0.341 e. The van der Waals surface area contributed by atoms with Gasteiger partial charge in [0.1, 0.15) is 0 Å². The molecule has 0 saturated carbocycles. The number of rotatable bonds is 3. The standard InChI is InChI=1S/C15H14Cl2N2O2/c16-12-5-4-10(8-13(12)17)14(20)11(9-18)15(21)19-6-2-1-3-7-19/h4-5,8,11H,1-3,6-7H2/t11-/m0/s1. The Morgan fingerprint density at radius 1 is 1.14 bits per heavy atom. The lowest BCUT2D eigenvalue weighted by Crippen LogP contribution is -2.41. The van der Waals surface area contributed by atoms with Gasteiger partial charge in [0, 0.05) is 18.7 Å². The number of halogens is 2. The van der Waals surface area contributed by atoms with Gasteiger partial charge in [0.15, 0.2) is 11.7 Å². The maximum atomic E-state index is 12.4. The smallest absolute Gasteiger partial charge is 0.247 e. The number of piperidine rings is 1. The van der Waals surface area contributed by atoms with Crippen molar-refractivity contribution in [1.29, 1.82) is 5.26 Å². The quantitative estimate of drug-likeness (QED) is 0.632. The van der Waals surface area contributed by atoms with E-state index >= 15 is 0 Å². The number of Topliss-reactive ketones (excluding diaryl/α,β-unsaturated/α-hetero) is 1. The maximum absolute atomic E-state index is 12.4. The first-order valence-corrected chi connectivity index (χ1v) is 7.48. The van der Waals surface area contributed by atoms with Crippen molar-refractivity contribution in [3.63, 3.8) is 0 Å². The van der Waals surface area contributed by atoms with E-state index in [-0.39, 0.29) is 10.6 Å². The Morgan fingerprint density at radius 3 is 2.38 bits per heavy atom. The van der Waals surface area contributed by atoms with Crippen LogP contribution in [0.1, 0.15) is 29.6 Å². The summed E-state index contributed by atoms with van der Waals surface area (Å²) in [5.74, 6) is -2.28. The molecule has 1 heterocycles. The van der Waals surface area contributed by atoms with E-state index < -0.39 is 17.6 Å². The number of amides is 1. The second-order valence-electron chi connectivity index (χ2n) is 4.94. The topological polar surface area (TPSA) is 61.2 Å². The van der Waals surface area contributed by atoms with Gasteiger partial charge in [-0.15, -0.1) is 0 Å². The fourth-order valence-electron chi connectivity index (χ4n) is 2.34. The third kappa shape index (κ3) is 3.55. The molecule has 0 aliphatic carbocycles. The average molecular weight is 325 g/mol. The number of carbonyl (C=O) groups is 2. The number of nitrogens with zero attached hydrogens (tertiary/aromatic N) is 2. The summed E-state index contributed by atoms with van der Waals surface area (Å²) in [6.07, 6.45) is 2.89. The van der Waals surface area contributed by atoms with Crippen LogP contribution in [-0.4, -0.2) is 29.7 Å². The summed E-state index contributed by atoms with van der Waals surface area (Å²) in [4.78, 5) is 26.3. The summed E-state index contributed by atoms with van der Waals surface area (Å²) in [5, 5.41) is 9.76. The van der Waals surface area contributed by atoms with E-state index in [9.17, 15) is 14.9 Å². The Kier molecular flexibility index (Phi) is 5.22. The Labute approximate surface area is 133 Å². The Hall–Kier alpha value is -1.57. The van der Waals surface area contributed by atoms with Gasteiger partial charge < -0.3 is 4.90 Å². The fourth-order valence-corrected chi connectivity index (χ4v) is 2.64. The van der Waals surface area contributed by atoms with Crippen LogP contribution in [0.5, 0.6) is 0 Å². The molecule has 1 amide bonds. The van der Waals surface area contributed by atoms with Crippen LogP contribution in [-0.2, 0) is 4.79 Å². The summed E-state index contributed by atoms with van der Waals surface area (Å²) in [7, 11) is 0. The number of benzene rings is 1. The molecule has 0 N–H and O–H groups in total. The van der Waals surface area contributed by atoms with E-state index in [1.54, 1.807) is 4.90 Å². The molecule has 4 nitrogen and oxygen atoms in total. The molecule has 0 unspecified atom stereocenters. The van der Waals surface area contributed by atoms with Gasteiger partial charge in [-0.2, -0.15) is 5.26 Å². The first-order chi connectivity index (χ1) is 10.0. The molecule has 0 radical (unpaired) electrons. The third-order valence-corrected chi connectivity index (χ3v) is 4.25. The molecule has 21 heavy (non-hydrogen) atoms. The SMILES string of the molecule is N#C[C@@H](C(=O)c1ccc(Cl)c(Cl)c1)C(=O)N1CCCCC1. The van der Waals surface area contributed by atoms with Gasteiger partial charge in [0.2, 0.25) is 5.91 Å². The van der Waals surface area contributed by atoms with Crippen molar-refractivity contribution in [2.24, 2.45) is 5.92 Å². The van der Waals surface area contributed by atoms with E-state index in [1.807, 2.05) is 6.07 Å². The predicted molar refractivity (Wildman–Crippen MR) is 80.3 cm³/mol. The normalized spacial score (nSPS) is 16.1. The van der Waals surface area contributed by atoms with Crippen LogP contribution < -0.4 is 0 Å². The van der Waals surface area contributed by atoms with Gasteiger partial charge in [-0.05, 0) is 37.5 Å². The second-order valence-corrected chi connectivity index (χ2v) is 5.76. The number of hydrogen-bond donors (Lipinski definition) is 0. The zero-order valence-electron chi connectivity index (χ0n) is 11.3. The first-order valence-electron chi connectivity index (χ1n) is 6.72. The fraction of sp³-hybridized carbons (Fsp3) is 0.400. The zero-order valence-corrected chi connectivity index (χ0v) is 12.8. The Balaban J connectivity index is 2.19. The van der Waals surface area contributed by atoms with Gasteiger partial charge >= 0.3 is 0 Å². The van der Waals surface area contributed by atoms with Crippen molar-refractivity contribution in [3.8, 4) is 6.07 Å². The van der Waals surface area contributed by atoms with Crippen molar-refractivity contribution < 1.29 is 9.59 Å². The second kappa shape index (κ2) is 6.93. The number of nitriles is 1. The first kappa shape index (κ1) is 15.8. The maximum Gasteiger partial charge on any atom is 0.247 e. The molecule has 1 aliphatic rings. The van der Waals surface area contributed by atoms with E-state index in [0.717, 1.165) is 19.3 Å². The third-order valence-electron chi connectivity index (χ3n) is 3.51. The van der Waals surface area contributed by atoms with Crippen LogP contribution >= 0.6 is 23.2 Å². The molecule has 110 valence electrons. The lowest BCUT2D eigenvalue weighted by molar-refractivity contribution is -0.133. The summed E-state index contributed by atoms with van der Waals surface area (Å²) in [6, 6.07) is 6.16. The van der Waals surface area contributed by atoms with Crippen molar-refractivity contribution in [3.05, 3.63) is 33.8 Å². The van der Waals surface area contributed by atoms with Gasteiger partial charge in [-0.1, -0.05) is 23.2 Å². The Morgan fingerprint density at radius 2 is 1.81 bits per heavy atom. The molecule has 2 rings (SSSR count). The molecule has 1 aliphatic heterocycles. The van der Waals surface area contributed by atoms with E-state index in [0.29, 0.717) is 18.1 Å². The molecular formula is C15H14Cl2N2O2. The molecule has 1 aromatic rings. The lowest BCUT2D eigenvalue weighted by atomic mass is 9.96. The van der Waals surface area contributed by atoms with Gasteiger partial charge in [0.05, 0.1) is 16.1 Å². The van der Waals surface area contributed by atoms with E-state index in [4.69, 9.17) is 23.2 Å². The van der Waals surface area contributed by atoms with Crippen molar-refractivity contribution in [2.45, 2.75) is 19.3 Å². The minimum atomic E-state index is -1.32.